The second-order valence-electron chi connectivity index (χ2n) is 15.1. The number of anilines is 3. The number of fused-ring (bicyclic) bond motifs is 1. The summed E-state index contributed by atoms with van der Waals surface area (Å²) >= 11 is 6.32. The number of aromatic nitrogens is 4. The van der Waals surface area contributed by atoms with Crippen molar-refractivity contribution in [3.8, 4) is 5.69 Å². The molecular weight excluding hydrogens is 758 g/mol. The Morgan fingerprint density at radius 3 is 2.33 bits per heavy atom. The van der Waals surface area contributed by atoms with E-state index in [1.807, 2.05) is 0 Å². The predicted octanol–water partition coefficient (Wildman–Crippen LogP) is 4.72. The molecule has 1 aliphatic rings. The summed E-state index contributed by atoms with van der Waals surface area (Å²) < 4.78 is 12.5. The summed E-state index contributed by atoms with van der Waals surface area (Å²) in [5.41, 5.74) is 1.19. The van der Waals surface area contributed by atoms with E-state index in [0.29, 0.717) is 50.7 Å². The Hall–Kier alpha value is -6.33. The van der Waals surface area contributed by atoms with Crippen molar-refractivity contribution in [2.24, 2.45) is 0 Å². The van der Waals surface area contributed by atoms with Gasteiger partial charge in [0.2, 0.25) is 11.7 Å². The number of aliphatic hydroxyl groups is 1. The maximum atomic E-state index is 14.2. The minimum atomic E-state index is -1.17. The molecule has 17 nitrogen and oxygen atoms in total. The lowest BCUT2D eigenvalue weighted by Gasteiger charge is -2.38. The number of nitrogens with one attached hydrogen (secondary N) is 3. The number of nitrogens with zero attached hydrogens (tertiary/aromatic N) is 6. The maximum absolute atomic E-state index is 14.2. The van der Waals surface area contributed by atoms with E-state index in [0.717, 1.165) is 0 Å². The van der Waals surface area contributed by atoms with Gasteiger partial charge >= 0.3 is 23.8 Å². The van der Waals surface area contributed by atoms with Crippen LogP contribution < -0.4 is 20.9 Å². The zero-order chi connectivity index (χ0) is 41.1. The molecule has 4 N–H and O–H groups in total. The number of urea groups is 1. The molecule has 3 aromatic carbocycles. The van der Waals surface area contributed by atoms with Crippen molar-refractivity contribution in [2.75, 3.05) is 35.2 Å². The van der Waals surface area contributed by atoms with Crippen molar-refractivity contribution in [2.45, 2.75) is 64.6 Å². The van der Waals surface area contributed by atoms with Crippen LogP contribution in [-0.2, 0) is 25.5 Å². The highest BCUT2D eigenvalue weighted by Crippen LogP contribution is 2.31. The average molecular weight is 800 g/mol. The van der Waals surface area contributed by atoms with Gasteiger partial charge in [0, 0.05) is 53.4 Å². The molecule has 57 heavy (non-hydrogen) atoms. The molecular formula is C39H42ClN9O8. The van der Waals surface area contributed by atoms with Gasteiger partial charge in [-0.3, -0.25) is 14.4 Å². The van der Waals surface area contributed by atoms with Gasteiger partial charge in [0.25, 0.3) is 0 Å². The number of carbonyl (C=O) groups excluding carboxylic acids is 5. The van der Waals surface area contributed by atoms with Gasteiger partial charge in [-0.1, -0.05) is 23.7 Å². The number of esters is 1. The first kappa shape index (κ1) is 40.3. The average Bonchev–Trinajstić information content (AvgIpc) is 3.82. The normalized spacial score (nSPS) is 14.1. The Morgan fingerprint density at radius 1 is 0.912 bits per heavy atom. The highest BCUT2D eigenvalue weighted by molar-refractivity contribution is 6.41. The monoisotopic (exact) mass is 799 g/mol. The van der Waals surface area contributed by atoms with E-state index in [4.69, 9.17) is 20.8 Å². The van der Waals surface area contributed by atoms with Gasteiger partial charge in [0.05, 0.1) is 11.4 Å². The number of carbonyl (C=O) groups is 5. The number of ether oxygens (including phenoxy) is 1. The van der Waals surface area contributed by atoms with E-state index in [1.54, 1.807) is 89.2 Å². The summed E-state index contributed by atoms with van der Waals surface area (Å²) in [6, 6.07) is 16.2. The third-order valence-electron chi connectivity index (χ3n) is 8.97. The van der Waals surface area contributed by atoms with Gasteiger partial charge in [-0.15, -0.1) is 5.10 Å². The molecule has 1 fully saturated rings. The van der Waals surface area contributed by atoms with Crippen LogP contribution in [-0.4, -0.2) is 96.8 Å². The van der Waals surface area contributed by atoms with E-state index in [1.165, 1.54) is 32.9 Å². The lowest BCUT2D eigenvalue weighted by atomic mass is 10.0. The molecule has 5 amide bonds. The number of rotatable bonds is 12. The van der Waals surface area contributed by atoms with Crippen LogP contribution in [0.2, 0.25) is 5.02 Å². The molecule has 3 heterocycles. The molecule has 0 radical (unpaired) electrons. The number of tetrazole rings is 1. The number of furan rings is 1. The van der Waals surface area contributed by atoms with Crippen LogP contribution in [0.3, 0.4) is 0 Å². The highest BCUT2D eigenvalue weighted by Gasteiger charge is 2.41. The number of halogens is 1. The largest absolute Gasteiger partial charge is 0.454 e. The number of aliphatic hydroxyl groups excluding tert-OH is 1. The molecule has 1 aliphatic heterocycles. The molecule has 298 valence electrons. The Bertz CT molecular complexity index is 2300. The quantitative estimate of drug-likeness (QED) is 0.100. The number of hydrogen-bond donors (Lipinski definition) is 4. The molecule has 0 aliphatic carbocycles. The van der Waals surface area contributed by atoms with Crippen LogP contribution in [0.15, 0.2) is 77.5 Å². The van der Waals surface area contributed by atoms with Gasteiger partial charge in [0.1, 0.15) is 23.6 Å². The molecule has 0 bridgehead atoms. The molecule has 1 saturated heterocycles. The lowest BCUT2D eigenvalue weighted by molar-refractivity contribution is -0.149. The number of amides is 5. The minimum absolute atomic E-state index is 0.00417. The second-order valence-corrected chi connectivity index (χ2v) is 15.5. The van der Waals surface area contributed by atoms with Gasteiger partial charge in [0.15, 0.2) is 0 Å². The molecule has 5 aromatic rings. The summed E-state index contributed by atoms with van der Waals surface area (Å²) in [5.74, 6) is -3.03. The summed E-state index contributed by atoms with van der Waals surface area (Å²) in [4.78, 5) is 69.9. The number of benzene rings is 3. The fraction of sp³-hybridized carbons (Fsp3) is 0.333. The zero-order valence-electron chi connectivity index (χ0n) is 31.9. The van der Waals surface area contributed by atoms with Gasteiger partial charge in [-0.05, 0) is 112 Å². The van der Waals surface area contributed by atoms with Crippen LogP contribution >= 0.6 is 11.6 Å². The standard InChI is InChI=1S/C39H42ClN9O8/c1-38(2,3)57-36(54)32-20-24-19-27(11-13-31(24)56-32)42-33(51)30(18-23-6-9-26(10-7-23)43-37(55)44-39(4,5)14-17-50)48-16-15-47(34(52)35(48)53)29-21-25(40)8-12-28(29)49-22-41-45-46-49/h6-13,19-22,30,50H,14-18H2,1-5H3,(H,42,51)(H2,43,44,55)/t30-/m0/s1. The van der Waals surface area contributed by atoms with E-state index in [9.17, 15) is 29.1 Å². The molecule has 18 heteroatoms. The maximum Gasteiger partial charge on any atom is 0.374 e. The fourth-order valence-electron chi connectivity index (χ4n) is 6.23. The second kappa shape index (κ2) is 16.4. The molecule has 0 unspecified atom stereocenters. The van der Waals surface area contributed by atoms with Gasteiger partial charge < -0.3 is 40.0 Å². The molecule has 0 saturated carbocycles. The van der Waals surface area contributed by atoms with E-state index < -0.39 is 46.9 Å². The number of hydrogen-bond acceptors (Lipinski definition) is 11. The molecule has 2 aromatic heterocycles. The van der Waals surface area contributed by atoms with Gasteiger partial charge in [-0.2, -0.15) is 4.68 Å². The Labute approximate surface area is 332 Å². The third-order valence-corrected chi connectivity index (χ3v) is 9.21. The molecule has 6 rings (SSSR count). The van der Waals surface area contributed by atoms with Crippen LogP contribution in [0.4, 0.5) is 21.9 Å². The third kappa shape index (κ3) is 9.74. The first-order valence-electron chi connectivity index (χ1n) is 18.0. The summed E-state index contributed by atoms with van der Waals surface area (Å²) in [5, 5.41) is 29.8. The lowest BCUT2D eigenvalue weighted by Crippen LogP contribution is -2.60. The first-order chi connectivity index (χ1) is 27.0. The van der Waals surface area contributed by atoms with E-state index >= 15 is 0 Å². The van der Waals surface area contributed by atoms with Crippen LogP contribution in [0.25, 0.3) is 16.7 Å². The highest BCUT2D eigenvalue weighted by atomic mass is 35.5. The smallest absolute Gasteiger partial charge is 0.374 e. The first-order valence-corrected chi connectivity index (χ1v) is 18.4. The van der Waals surface area contributed by atoms with Crippen molar-refractivity contribution < 1.29 is 38.2 Å². The zero-order valence-corrected chi connectivity index (χ0v) is 32.7. The van der Waals surface area contributed by atoms with Crippen molar-refractivity contribution in [3.63, 3.8) is 0 Å². The van der Waals surface area contributed by atoms with Gasteiger partial charge in [-0.25, -0.2) is 9.59 Å². The molecule has 0 spiro atoms. The van der Waals surface area contributed by atoms with Crippen LogP contribution in [0.1, 0.15) is 57.2 Å². The molecule has 1 atom stereocenters. The summed E-state index contributed by atoms with van der Waals surface area (Å²) in [7, 11) is 0. The SMILES string of the molecule is CC(C)(CCO)NC(=O)Nc1ccc(C[C@@H](C(=O)Nc2ccc3oc(C(=O)OC(C)(C)C)cc3c2)N2CCN(c3cc(Cl)ccc3-n3cnnn3)C(=O)C2=O)cc1. The van der Waals surface area contributed by atoms with Crippen molar-refractivity contribution in [3.05, 3.63) is 89.4 Å². The Kier molecular flexibility index (Phi) is 11.6. The van der Waals surface area contributed by atoms with Crippen molar-refractivity contribution in [1.29, 1.82) is 0 Å². The van der Waals surface area contributed by atoms with Crippen molar-refractivity contribution >= 4 is 69.4 Å². The topological polar surface area (TPSA) is 214 Å². The predicted molar refractivity (Wildman–Crippen MR) is 210 cm³/mol. The van der Waals surface area contributed by atoms with Crippen LogP contribution in [0.5, 0.6) is 0 Å². The summed E-state index contributed by atoms with van der Waals surface area (Å²) in [6.45, 7) is 8.72. The van der Waals surface area contributed by atoms with E-state index in [2.05, 4.69) is 31.5 Å². The van der Waals surface area contributed by atoms with E-state index in [-0.39, 0.29) is 31.9 Å². The van der Waals surface area contributed by atoms with Crippen molar-refractivity contribution in [1.82, 2.24) is 30.4 Å². The summed E-state index contributed by atoms with van der Waals surface area (Å²) in [6.07, 6.45) is 1.71. The fourth-order valence-corrected chi connectivity index (χ4v) is 6.40. The number of piperazine rings is 1. The van der Waals surface area contributed by atoms with Crippen LogP contribution in [0, 0.1) is 0 Å². The minimum Gasteiger partial charge on any atom is -0.454 e. The Balaban J connectivity index is 1.25. The Morgan fingerprint density at radius 2 is 1.65 bits per heavy atom.